The Labute approximate surface area is 169 Å². The van der Waals surface area contributed by atoms with Gasteiger partial charge in [0, 0.05) is 26.9 Å². The number of nitriles is 1. The Morgan fingerprint density at radius 1 is 1.03 bits per heavy atom. The van der Waals surface area contributed by atoms with Crippen molar-refractivity contribution in [3.63, 3.8) is 0 Å². The van der Waals surface area contributed by atoms with Gasteiger partial charge in [-0.3, -0.25) is 9.59 Å². The summed E-state index contributed by atoms with van der Waals surface area (Å²) in [5.41, 5.74) is 2.72. The van der Waals surface area contributed by atoms with Crippen molar-refractivity contribution in [3.8, 4) is 6.07 Å². The fourth-order valence-corrected chi connectivity index (χ4v) is 3.72. The Kier molecular flexibility index (Phi) is 5.79. The number of piperazine rings is 1. The van der Waals surface area contributed by atoms with E-state index in [9.17, 15) is 19.2 Å². The zero-order valence-electron chi connectivity index (χ0n) is 16.4. The maximum atomic E-state index is 13.2. The summed E-state index contributed by atoms with van der Waals surface area (Å²) in [5, 5.41) is 9.44. The van der Waals surface area contributed by atoms with Gasteiger partial charge in [0.15, 0.2) is 0 Å². The largest absolute Gasteiger partial charge is 0.332 e. The van der Waals surface area contributed by atoms with Crippen molar-refractivity contribution in [1.82, 2.24) is 9.80 Å². The maximum Gasteiger partial charge on any atom is 0.246 e. The van der Waals surface area contributed by atoms with Crippen LogP contribution < -0.4 is 0 Å². The molecule has 2 aromatic carbocycles. The molecule has 6 heteroatoms. The Morgan fingerprint density at radius 2 is 1.62 bits per heavy atom. The molecule has 2 atom stereocenters. The normalized spacial score (nSPS) is 19.2. The van der Waals surface area contributed by atoms with Crippen molar-refractivity contribution in [2.24, 2.45) is 0 Å². The Morgan fingerprint density at radius 3 is 2.17 bits per heavy atom. The van der Waals surface area contributed by atoms with Gasteiger partial charge >= 0.3 is 0 Å². The van der Waals surface area contributed by atoms with Crippen LogP contribution in [0.25, 0.3) is 6.08 Å². The van der Waals surface area contributed by atoms with E-state index in [2.05, 4.69) is 12.6 Å². The fraction of sp³-hybridized carbons (Fsp3) is 0.261. The first kappa shape index (κ1) is 20.3. The lowest BCUT2D eigenvalue weighted by Gasteiger charge is -2.42. The fourth-order valence-electron chi connectivity index (χ4n) is 3.72. The van der Waals surface area contributed by atoms with Crippen molar-refractivity contribution in [2.75, 3.05) is 14.1 Å². The molecule has 2 unspecified atom stereocenters. The molecule has 148 valence electrons. The SMILES string of the molecule is C=Cc1cccc(C#N)c1CC1C(=O)N(C)C(Cc2ccc(F)cc2)C(=O)N1C. The van der Waals surface area contributed by atoms with Crippen molar-refractivity contribution in [1.29, 1.82) is 5.26 Å². The Hall–Kier alpha value is -3.46. The van der Waals surface area contributed by atoms with Gasteiger partial charge < -0.3 is 9.80 Å². The smallest absolute Gasteiger partial charge is 0.246 e. The monoisotopic (exact) mass is 391 g/mol. The molecule has 1 saturated heterocycles. The van der Waals surface area contributed by atoms with E-state index in [4.69, 9.17) is 0 Å². The number of carbonyl (C=O) groups is 2. The third-order valence-electron chi connectivity index (χ3n) is 5.49. The molecule has 29 heavy (non-hydrogen) atoms. The minimum Gasteiger partial charge on any atom is -0.332 e. The molecule has 2 aromatic rings. The third-order valence-corrected chi connectivity index (χ3v) is 5.49. The second kappa shape index (κ2) is 8.27. The van der Waals surface area contributed by atoms with Crippen LogP contribution in [0.5, 0.6) is 0 Å². The lowest BCUT2D eigenvalue weighted by Crippen LogP contribution is -2.63. The number of halogens is 1. The highest BCUT2D eigenvalue weighted by Gasteiger charge is 2.42. The highest BCUT2D eigenvalue weighted by atomic mass is 19.1. The number of benzene rings is 2. The Balaban J connectivity index is 1.87. The van der Waals surface area contributed by atoms with Crippen LogP contribution in [-0.4, -0.2) is 47.8 Å². The highest BCUT2D eigenvalue weighted by Crippen LogP contribution is 2.25. The van der Waals surface area contributed by atoms with E-state index in [1.54, 1.807) is 44.4 Å². The van der Waals surface area contributed by atoms with Gasteiger partial charge in [0.1, 0.15) is 17.9 Å². The minimum atomic E-state index is -0.704. The summed E-state index contributed by atoms with van der Waals surface area (Å²) in [6.07, 6.45) is 2.19. The second-order valence-electron chi connectivity index (χ2n) is 7.15. The van der Waals surface area contributed by atoms with Gasteiger partial charge in [-0.05, 0) is 34.9 Å². The first-order valence-electron chi connectivity index (χ1n) is 9.29. The van der Waals surface area contributed by atoms with Crippen LogP contribution in [0.1, 0.15) is 22.3 Å². The molecule has 5 nitrogen and oxygen atoms in total. The number of likely N-dealkylation sites (N-methyl/N-ethyl adjacent to an activating group) is 2. The first-order chi connectivity index (χ1) is 13.9. The van der Waals surface area contributed by atoms with Gasteiger partial charge in [0.25, 0.3) is 0 Å². The van der Waals surface area contributed by atoms with Crippen LogP contribution in [-0.2, 0) is 22.4 Å². The van der Waals surface area contributed by atoms with E-state index in [0.717, 1.165) is 11.1 Å². The van der Waals surface area contributed by atoms with Crippen molar-refractivity contribution < 1.29 is 14.0 Å². The summed E-state index contributed by atoms with van der Waals surface area (Å²) >= 11 is 0. The molecule has 2 amide bonds. The number of amides is 2. The van der Waals surface area contributed by atoms with Crippen LogP contribution in [0.2, 0.25) is 0 Å². The molecule has 1 fully saturated rings. The maximum absolute atomic E-state index is 13.2. The van der Waals surface area contributed by atoms with Gasteiger partial charge in [-0.1, -0.05) is 36.9 Å². The lowest BCUT2D eigenvalue weighted by molar-refractivity contribution is -0.158. The number of rotatable bonds is 5. The predicted octanol–water partition coefficient (Wildman–Crippen LogP) is 2.79. The van der Waals surface area contributed by atoms with E-state index in [-0.39, 0.29) is 24.1 Å². The number of hydrogen-bond donors (Lipinski definition) is 0. The summed E-state index contributed by atoms with van der Waals surface area (Å²) in [7, 11) is 3.22. The van der Waals surface area contributed by atoms with Crippen molar-refractivity contribution in [3.05, 3.63) is 77.1 Å². The minimum absolute atomic E-state index is 0.184. The van der Waals surface area contributed by atoms with Crippen LogP contribution >= 0.6 is 0 Å². The van der Waals surface area contributed by atoms with E-state index in [0.29, 0.717) is 17.5 Å². The predicted molar refractivity (Wildman–Crippen MR) is 108 cm³/mol. The van der Waals surface area contributed by atoms with Crippen molar-refractivity contribution in [2.45, 2.75) is 24.9 Å². The molecule has 0 spiro atoms. The van der Waals surface area contributed by atoms with Gasteiger partial charge in [-0.15, -0.1) is 0 Å². The van der Waals surface area contributed by atoms with E-state index >= 15 is 0 Å². The molecule has 1 aliphatic heterocycles. The second-order valence-corrected chi connectivity index (χ2v) is 7.15. The average Bonchev–Trinajstić information content (AvgIpc) is 2.74. The molecule has 3 rings (SSSR count). The molecule has 0 N–H and O–H groups in total. The summed E-state index contributed by atoms with van der Waals surface area (Å²) in [6, 6.07) is 12.0. The first-order valence-corrected chi connectivity index (χ1v) is 9.29. The summed E-state index contributed by atoms with van der Waals surface area (Å²) in [4.78, 5) is 29.1. The summed E-state index contributed by atoms with van der Waals surface area (Å²) in [6.45, 7) is 3.78. The van der Waals surface area contributed by atoms with Crippen LogP contribution in [0.15, 0.2) is 49.0 Å². The molecule has 0 aromatic heterocycles. The van der Waals surface area contributed by atoms with Crippen LogP contribution in [0.4, 0.5) is 4.39 Å². The van der Waals surface area contributed by atoms with E-state index in [1.807, 2.05) is 6.07 Å². The van der Waals surface area contributed by atoms with E-state index in [1.165, 1.54) is 21.9 Å². The third kappa shape index (κ3) is 3.90. The molecule has 0 radical (unpaired) electrons. The number of nitrogens with zero attached hydrogens (tertiary/aromatic N) is 3. The number of carbonyl (C=O) groups excluding carboxylic acids is 2. The molecule has 1 heterocycles. The van der Waals surface area contributed by atoms with Crippen molar-refractivity contribution >= 4 is 17.9 Å². The van der Waals surface area contributed by atoms with Gasteiger partial charge in [0.05, 0.1) is 11.6 Å². The zero-order chi connectivity index (χ0) is 21.1. The molecule has 0 aliphatic carbocycles. The number of hydrogen-bond acceptors (Lipinski definition) is 3. The summed E-state index contributed by atoms with van der Waals surface area (Å²) < 4.78 is 13.2. The standard InChI is InChI=1S/C23H22FN3O2/c1-4-16-6-5-7-17(14-25)19(16)13-21-23(29)26(2)20(22(28)27(21)3)12-15-8-10-18(24)11-9-15/h4-11,20-21H,1,12-13H2,2-3H3. The molecular formula is C23H22FN3O2. The zero-order valence-corrected chi connectivity index (χ0v) is 16.4. The molecular weight excluding hydrogens is 369 g/mol. The van der Waals surface area contributed by atoms with Crippen LogP contribution in [0, 0.1) is 17.1 Å². The highest BCUT2D eigenvalue weighted by molar-refractivity contribution is 5.97. The average molecular weight is 391 g/mol. The summed E-state index contributed by atoms with van der Waals surface area (Å²) in [5.74, 6) is -0.725. The topological polar surface area (TPSA) is 64.4 Å². The van der Waals surface area contributed by atoms with Gasteiger partial charge in [0.2, 0.25) is 11.8 Å². The molecule has 0 bridgehead atoms. The quantitative estimate of drug-likeness (QED) is 0.787. The van der Waals surface area contributed by atoms with E-state index < -0.39 is 12.1 Å². The van der Waals surface area contributed by atoms with Gasteiger partial charge in [-0.25, -0.2) is 4.39 Å². The molecule has 0 saturated carbocycles. The lowest BCUT2D eigenvalue weighted by atomic mass is 9.91. The molecule has 1 aliphatic rings. The Bertz CT molecular complexity index is 994. The van der Waals surface area contributed by atoms with Crippen LogP contribution in [0.3, 0.4) is 0 Å². The van der Waals surface area contributed by atoms with Gasteiger partial charge in [-0.2, -0.15) is 5.26 Å².